The highest BCUT2D eigenvalue weighted by molar-refractivity contribution is 6.08. The van der Waals surface area contributed by atoms with E-state index in [0.29, 0.717) is 12.5 Å². The zero-order valence-electron chi connectivity index (χ0n) is 19.1. The molecule has 3 aromatic rings. The van der Waals surface area contributed by atoms with Crippen molar-refractivity contribution >= 4 is 28.9 Å². The van der Waals surface area contributed by atoms with E-state index in [1.54, 1.807) is 11.8 Å². The number of imidazole rings is 1. The van der Waals surface area contributed by atoms with Crippen LogP contribution in [0.15, 0.2) is 48.5 Å². The highest BCUT2D eigenvalue weighted by atomic mass is 16.5. The fourth-order valence-electron chi connectivity index (χ4n) is 4.53. The van der Waals surface area contributed by atoms with Gasteiger partial charge >= 0.3 is 5.97 Å². The van der Waals surface area contributed by atoms with Gasteiger partial charge in [0, 0.05) is 6.54 Å². The molecule has 1 aliphatic rings. The van der Waals surface area contributed by atoms with Crippen LogP contribution in [0.3, 0.4) is 0 Å². The van der Waals surface area contributed by atoms with Gasteiger partial charge in [-0.05, 0) is 43.0 Å². The Labute approximate surface area is 189 Å². The Balaban J connectivity index is 1.92. The predicted octanol–water partition coefficient (Wildman–Crippen LogP) is 4.90. The summed E-state index contributed by atoms with van der Waals surface area (Å²) in [4.78, 5) is 33.4. The van der Waals surface area contributed by atoms with Crippen molar-refractivity contribution in [2.75, 3.05) is 18.1 Å². The molecule has 1 amide bonds. The summed E-state index contributed by atoms with van der Waals surface area (Å²) in [7, 11) is 0. The van der Waals surface area contributed by atoms with Crippen molar-refractivity contribution in [3.63, 3.8) is 0 Å². The lowest BCUT2D eigenvalue weighted by Crippen LogP contribution is -2.50. The van der Waals surface area contributed by atoms with Gasteiger partial charge in [0.05, 0.1) is 23.7 Å². The van der Waals surface area contributed by atoms with Crippen molar-refractivity contribution in [2.45, 2.75) is 52.5 Å². The van der Waals surface area contributed by atoms with E-state index in [1.807, 2.05) is 36.4 Å². The van der Waals surface area contributed by atoms with Crippen LogP contribution in [0.4, 0.5) is 5.95 Å². The minimum Gasteiger partial charge on any atom is -0.465 e. The SMILES string of the molecule is CCCCCN1C(=O)[C@@H](C(=O)OCC)[C@@H](c2ccc(CC)cc2)n2c1nc1ccccc12. The van der Waals surface area contributed by atoms with Crippen molar-refractivity contribution in [3.05, 3.63) is 59.7 Å². The molecule has 2 aromatic carbocycles. The van der Waals surface area contributed by atoms with Gasteiger partial charge in [0.2, 0.25) is 11.9 Å². The molecule has 1 aliphatic heterocycles. The second kappa shape index (κ2) is 9.55. The van der Waals surface area contributed by atoms with Crippen LogP contribution in [0.5, 0.6) is 0 Å². The van der Waals surface area contributed by atoms with Gasteiger partial charge in [-0.15, -0.1) is 0 Å². The quantitative estimate of drug-likeness (QED) is 0.288. The summed E-state index contributed by atoms with van der Waals surface area (Å²) in [6.07, 6.45) is 3.84. The lowest BCUT2D eigenvalue weighted by Gasteiger charge is -2.38. The Morgan fingerprint density at radius 2 is 1.78 bits per heavy atom. The number of ether oxygens (including phenoxy) is 1. The van der Waals surface area contributed by atoms with Gasteiger partial charge in [0.25, 0.3) is 0 Å². The largest absolute Gasteiger partial charge is 0.465 e. The van der Waals surface area contributed by atoms with E-state index in [-0.39, 0.29) is 12.5 Å². The number of unbranched alkanes of at least 4 members (excludes halogenated alkanes) is 2. The number of esters is 1. The lowest BCUT2D eigenvalue weighted by atomic mass is 9.88. The number of nitrogens with zero attached hydrogens (tertiary/aromatic N) is 3. The van der Waals surface area contributed by atoms with E-state index in [1.165, 1.54) is 5.56 Å². The molecular weight excluding hydrogens is 402 g/mol. The number of aromatic nitrogens is 2. The molecule has 6 nitrogen and oxygen atoms in total. The molecule has 32 heavy (non-hydrogen) atoms. The first-order valence-corrected chi connectivity index (χ1v) is 11.6. The third-order valence-corrected chi connectivity index (χ3v) is 6.20. The summed E-state index contributed by atoms with van der Waals surface area (Å²) in [6, 6.07) is 15.5. The number of carbonyl (C=O) groups excluding carboxylic acids is 2. The van der Waals surface area contributed by atoms with Crippen molar-refractivity contribution in [1.82, 2.24) is 9.55 Å². The molecule has 0 spiro atoms. The fourth-order valence-corrected chi connectivity index (χ4v) is 4.53. The Bertz CT molecular complexity index is 1100. The summed E-state index contributed by atoms with van der Waals surface area (Å²) in [5, 5.41) is 0. The maximum Gasteiger partial charge on any atom is 0.321 e. The van der Waals surface area contributed by atoms with Gasteiger partial charge in [-0.25, -0.2) is 4.98 Å². The van der Waals surface area contributed by atoms with Crippen LogP contribution in [0.2, 0.25) is 0 Å². The smallest absolute Gasteiger partial charge is 0.321 e. The number of anilines is 1. The highest BCUT2D eigenvalue weighted by Crippen LogP contribution is 2.41. The summed E-state index contributed by atoms with van der Waals surface area (Å²) in [5.41, 5.74) is 3.84. The maximum atomic E-state index is 13.8. The molecule has 0 radical (unpaired) electrons. The van der Waals surface area contributed by atoms with Gasteiger partial charge in [0.1, 0.15) is 0 Å². The van der Waals surface area contributed by atoms with Crippen molar-refractivity contribution in [3.8, 4) is 0 Å². The number of rotatable bonds is 8. The van der Waals surface area contributed by atoms with E-state index < -0.39 is 17.9 Å². The molecule has 0 saturated carbocycles. The van der Waals surface area contributed by atoms with E-state index in [0.717, 1.165) is 42.3 Å². The number of fused-ring (bicyclic) bond motifs is 3. The number of carbonyl (C=O) groups is 2. The van der Waals surface area contributed by atoms with Crippen LogP contribution in [-0.2, 0) is 20.7 Å². The van der Waals surface area contributed by atoms with Crippen LogP contribution in [0.25, 0.3) is 11.0 Å². The van der Waals surface area contributed by atoms with Crippen LogP contribution in [-0.4, -0.2) is 34.6 Å². The molecule has 4 rings (SSSR count). The predicted molar refractivity (Wildman–Crippen MR) is 126 cm³/mol. The second-order valence-electron chi connectivity index (χ2n) is 8.24. The van der Waals surface area contributed by atoms with Gasteiger partial charge in [-0.3, -0.25) is 14.5 Å². The van der Waals surface area contributed by atoms with E-state index >= 15 is 0 Å². The summed E-state index contributed by atoms with van der Waals surface area (Å²) in [6.45, 7) is 6.78. The minimum absolute atomic E-state index is 0.230. The molecule has 2 heterocycles. The average molecular weight is 434 g/mol. The molecular formula is C26H31N3O3. The van der Waals surface area contributed by atoms with Gasteiger partial charge in [0.15, 0.2) is 5.92 Å². The topological polar surface area (TPSA) is 64.4 Å². The monoisotopic (exact) mass is 433 g/mol. The Morgan fingerprint density at radius 3 is 2.47 bits per heavy atom. The molecule has 6 heteroatoms. The summed E-state index contributed by atoms with van der Waals surface area (Å²) >= 11 is 0. The van der Waals surface area contributed by atoms with Crippen LogP contribution < -0.4 is 4.90 Å². The Hall–Kier alpha value is -3.15. The molecule has 0 saturated heterocycles. The van der Waals surface area contributed by atoms with Crippen LogP contribution in [0.1, 0.15) is 57.2 Å². The zero-order chi connectivity index (χ0) is 22.7. The average Bonchev–Trinajstić information content (AvgIpc) is 3.19. The molecule has 0 bridgehead atoms. The number of para-hydroxylation sites is 2. The van der Waals surface area contributed by atoms with Crippen LogP contribution in [0, 0.1) is 5.92 Å². The summed E-state index contributed by atoms with van der Waals surface area (Å²) in [5.74, 6) is -1.05. The van der Waals surface area contributed by atoms with Crippen molar-refractivity contribution in [2.24, 2.45) is 5.92 Å². The first kappa shape index (κ1) is 22.1. The normalized spacial score (nSPS) is 18.1. The zero-order valence-corrected chi connectivity index (χ0v) is 19.1. The van der Waals surface area contributed by atoms with Gasteiger partial charge < -0.3 is 9.30 Å². The first-order chi connectivity index (χ1) is 15.6. The molecule has 0 unspecified atom stereocenters. The Morgan fingerprint density at radius 1 is 1.03 bits per heavy atom. The molecule has 1 aromatic heterocycles. The number of hydrogen-bond acceptors (Lipinski definition) is 4. The molecule has 2 atom stereocenters. The highest BCUT2D eigenvalue weighted by Gasteiger charge is 2.47. The fraction of sp³-hybridized carbons (Fsp3) is 0.423. The van der Waals surface area contributed by atoms with Crippen molar-refractivity contribution < 1.29 is 14.3 Å². The van der Waals surface area contributed by atoms with E-state index in [9.17, 15) is 9.59 Å². The number of hydrogen-bond donors (Lipinski definition) is 0. The Kier molecular flexibility index (Phi) is 6.58. The molecule has 168 valence electrons. The maximum absolute atomic E-state index is 13.8. The standard InChI is InChI=1S/C26H31N3O3/c1-4-7-10-17-28-24(30)22(25(31)32-6-3)23(19-15-13-18(5-2)14-16-19)29-21-12-9-8-11-20(21)27-26(28)29/h8-9,11-16,22-23H,4-7,10,17H2,1-3H3/t22-,23+/m0/s1. The minimum atomic E-state index is -0.950. The third-order valence-electron chi connectivity index (χ3n) is 6.20. The summed E-state index contributed by atoms with van der Waals surface area (Å²) < 4.78 is 7.47. The third kappa shape index (κ3) is 3.90. The van der Waals surface area contributed by atoms with Crippen molar-refractivity contribution in [1.29, 1.82) is 0 Å². The van der Waals surface area contributed by atoms with E-state index in [2.05, 4.69) is 30.5 Å². The number of aryl methyl sites for hydroxylation is 1. The molecule has 0 N–H and O–H groups in total. The number of amides is 1. The van der Waals surface area contributed by atoms with Gasteiger partial charge in [-0.1, -0.05) is 63.1 Å². The number of benzene rings is 2. The van der Waals surface area contributed by atoms with Gasteiger partial charge in [-0.2, -0.15) is 0 Å². The lowest BCUT2D eigenvalue weighted by molar-refractivity contribution is -0.153. The van der Waals surface area contributed by atoms with E-state index in [4.69, 9.17) is 9.72 Å². The molecule has 0 aliphatic carbocycles. The second-order valence-corrected chi connectivity index (χ2v) is 8.24. The van der Waals surface area contributed by atoms with Crippen LogP contribution >= 0.6 is 0 Å². The molecule has 0 fully saturated rings. The first-order valence-electron chi connectivity index (χ1n) is 11.6.